The molecule has 1 aromatic rings. The van der Waals surface area contributed by atoms with Gasteiger partial charge in [0.1, 0.15) is 5.75 Å². The van der Waals surface area contributed by atoms with Crippen LogP contribution < -0.4 is 10.6 Å². The van der Waals surface area contributed by atoms with E-state index in [2.05, 4.69) is 20.8 Å². The molecule has 0 radical (unpaired) electrons. The zero-order valence-electron chi connectivity index (χ0n) is 9.12. The van der Waals surface area contributed by atoms with Crippen molar-refractivity contribution >= 4 is 15.9 Å². The summed E-state index contributed by atoms with van der Waals surface area (Å²) in [6.07, 6.45) is 3.42. The van der Waals surface area contributed by atoms with E-state index in [1.54, 1.807) is 0 Å². The SMILES string of the molecule is NOCCc1ccc(Br)c(OCC2CC2)c1. The summed E-state index contributed by atoms with van der Waals surface area (Å²) in [4.78, 5) is 4.57. The summed E-state index contributed by atoms with van der Waals surface area (Å²) in [6, 6.07) is 6.10. The van der Waals surface area contributed by atoms with Crippen molar-refractivity contribution in [3.63, 3.8) is 0 Å². The summed E-state index contributed by atoms with van der Waals surface area (Å²) >= 11 is 3.49. The molecule has 1 aromatic carbocycles. The second kappa shape index (κ2) is 5.66. The quantitative estimate of drug-likeness (QED) is 0.818. The van der Waals surface area contributed by atoms with Gasteiger partial charge in [-0.15, -0.1) is 0 Å². The Kier molecular flexibility index (Phi) is 4.21. The van der Waals surface area contributed by atoms with E-state index >= 15 is 0 Å². The Balaban J connectivity index is 1.96. The van der Waals surface area contributed by atoms with Crippen LogP contribution in [-0.2, 0) is 11.3 Å². The first kappa shape index (κ1) is 11.9. The van der Waals surface area contributed by atoms with Crippen molar-refractivity contribution in [1.29, 1.82) is 0 Å². The fourth-order valence-electron chi connectivity index (χ4n) is 1.48. The predicted molar refractivity (Wildman–Crippen MR) is 66.2 cm³/mol. The van der Waals surface area contributed by atoms with Gasteiger partial charge in [-0.25, -0.2) is 5.90 Å². The van der Waals surface area contributed by atoms with Crippen LogP contribution in [0, 0.1) is 5.92 Å². The van der Waals surface area contributed by atoms with Crippen LogP contribution in [0.3, 0.4) is 0 Å². The fourth-order valence-corrected chi connectivity index (χ4v) is 1.84. The van der Waals surface area contributed by atoms with Crippen molar-refractivity contribution < 1.29 is 9.57 Å². The van der Waals surface area contributed by atoms with Crippen LogP contribution in [0.15, 0.2) is 22.7 Å². The second-order valence-corrected chi connectivity index (χ2v) is 4.99. The Morgan fingerprint density at radius 3 is 2.88 bits per heavy atom. The molecule has 0 aliphatic heterocycles. The van der Waals surface area contributed by atoms with Gasteiger partial charge >= 0.3 is 0 Å². The molecule has 1 fully saturated rings. The normalized spacial score (nSPS) is 15.1. The molecule has 3 nitrogen and oxygen atoms in total. The van der Waals surface area contributed by atoms with E-state index in [0.717, 1.165) is 29.2 Å². The molecule has 16 heavy (non-hydrogen) atoms. The standard InChI is InChI=1S/C12H16BrNO2/c13-11-4-3-9(5-6-16-14)7-12(11)15-8-10-1-2-10/h3-4,7,10H,1-2,5-6,8,14H2. The number of hydrogen-bond acceptors (Lipinski definition) is 3. The average molecular weight is 286 g/mol. The molecule has 0 bridgehead atoms. The van der Waals surface area contributed by atoms with Crippen LogP contribution >= 0.6 is 15.9 Å². The number of halogens is 1. The van der Waals surface area contributed by atoms with Gasteiger partial charge in [-0.3, -0.25) is 0 Å². The predicted octanol–water partition coefficient (Wildman–Crippen LogP) is 2.67. The number of ether oxygens (including phenoxy) is 1. The first-order chi connectivity index (χ1) is 7.79. The van der Waals surface area contributed by atoms with Gasteiger partial charge in [0.25, 0.3) is 0 Å². The molecular weight excluding hydrogens is 270 g/mol. The largest absolute Gasteiger partial charge is 0.492 e. The molecule has 1 aliphatic carbocycles. The van der Waals surface area contributed by atoms with Crippen LogP contribution in [0.4, 0.5) is 0 Å². The van der Waals surface area contributed by atoms with Gasteiger partial charge in [-0.2, -0.15) is 0 Å². The molecule has 1 aliphatic rings. The van der Waals surface area contributed by atoms with Crippen LogP contribution in [-0.4, -0.2) is 13.2 Å². The molecule has 4 heteroatoms. The van der Waals surface area contributed by atoms with Gasteiger partial charge < -0.3 is 9.57 Å². The lowest BCUT2D eigenvalue weighted by Gasteiger charge is -2.09. The summed E-state index contributed by atoms with van der Waals surface area (Å²) < 4.78 is 6.77. The van der Waals surface area contributed by atoms with Crippen LogP contribution in [0.2, 0.25) is 0 Å². The smallest absolute Gasteiger partial charge is 0.133 e. The number of nitrogens with two attached hydrogens (primary N) is 1. The van der Waals surface area contributed by atoms with E-state index in [1.807, 2.05) is 18.2 Å². The van der Waals surface area contributed by atoms with Crippen molar-refractivity contribution in [3.05, 3.63) is 28.2 Å². The molecule has 0 aromatic heterocycles. The van der Waals surface area contributed by atoms with E-state index in [0.29, 0.717) is 6.61 Å². The van der Waals surface area contributed by atoms with Crippen molar-refractivity contribution in [2.45, 2.75) is 19.3 Å². The maximum atomic E-state index is 5.76. The molecule has 0 unspecified atom stereocenters. The highest BCUT2D eigenvalue weighted by Crippen LogP contribution is 2.32. The topological polar surface area (TPSA) is 44.5 Å². The number of rotatable bonds is 6. The molecule has 0 atom stereocenters. The van der Waals surface area contributed by atoms with Gasteiger partial charge in [0, 0.05) is 0 Å². The molecule has 0 heterocycles. The minimum atomic E-state index is 0.531. The molecule has 88 valence electrons. The van der Waals surface area contributed by atoms with Crippen molar-refractivity contribution in [2.75, 3.05) is 13.2 Å². The lowest BCUT2D eigenvalue weighted by molar-refractivity contribution is 0.141. The summed E-state index contributed by atoms with van der Waals surface area (Å²) in [5, 5.41) is 0. The maximum absolute atomic E-state index is 5.76. The number of benzene rings is 1. The lowest BCUT2D eigenvalue weighted by Crippen LogP contribution is -2.04. The zero-order valence-corrected chi connectivity index (χ0v) is 10.7. The zero-order chi connectivity index (χ0) is 11.4. The van der Waals surface area contributed by atoms with Crippen molar-refractivity contribution in [2.24, 2.45) is 11.8 Å². The monoisotopic (exact) mass is 285 g/mol. The molecule has 0 saturated heterocycles. The molecule has 2 N–H and O–H groups in total. The van der Waals surface area contributed by atoms with Gasteiger partial charge in [0.15, 0.2) is 0 Å². The van der Waals surface area contributed by atoms with Crippen molar-refractivity contribution in [1.82, 2.24) is 0 Å². The van der Waals surface area contributed by atoms with E-state index < -0.39 is 0 Å². The van der Waals surface area contributed by atoms with Crippen LogP contribution in [0.5, 0.6) is 5.75 Å². The second-order valence-electron chi connectivity index (χ2n) is 4.14. The fraction of sp³-hybridized carbons (Fsp3) is 0.500. The summed E-state index contributed by atoms with van der Waals surface area (Å²) in [5.74, 6) is 6.70. The van der Waals surface area contributed by atoms with E-state index in [-0.39, 0.29) is 0 Å². The van der Waals surface area contributed by atoms with Crippen molar-refractivity contribution in [3.8, 4) is 5.75 Å². The minimum Gasteiger partial charge on any atom is -0.492 e. The van der Waals surface area contributed by atoms with E-state index in [1.165, 1.54) is 18.4 Å². The lowest BCUT2D eigenvalue weighted by atomic mass is 10.1. The Morgan fingerprint density at radius 1 is 1.38 bits per heavy atom. The molecule has 0 amide bonds. The Bertz CT molecular complexity index is 353. The molecule has 2 rings (SSSR count). The van der Waals surface area contributed by atoms with Gasteiger partial charge in [0.2, 0.25) is 0 Å². The minimum absolute atomic E-state index is 0.531. The highest BCUT2D eigenvalue weighted by atomic mass is 79.9. The van der Waals surface area contributed by atoms with E-state index in [9.17, 15) is 0 Å². The number of hydrogen-bond donors (Lipinski definition) is 1. The summed E-state index contributed by atoms with van der Waals surface area (Å²) in [7, 11) is 0. The molecular formula is C12H16BrNO2. The van der Waals surface area contributed by atoms with E-state index in [4.69, 9.17) is 10.6 Å². The summed E-state index contributed by atoms with van der Waals surface area (Å²) in [5.41, 5.74) is 1.18. The third kappa shape index (κ3) is 3.47. The van der Waals surface area contributed by atoms with Crippen LogP contribution in [0.1, 0.15) is 18.4 Å². The van der Waals surface area contributed by atoms with Crippen LogP contribution in [0.25, 0.3) is 0 Å². The van der Waals surface area contributed by atoms with Gasteiger partial charge in [-0.05, 0) is 58.8 Å². The Morgan fingerprint density at radius 2 is 2.19 bits per heavy atom. The highest BCUT2D eigenvalue weighted by molar-refractivity contribution is 9.10. The van der Waals surface area contributed by atoms with Gasteiger partial charge in [-0.1, -0.05) is 6.07 Å². The van der Waals surface area contributed by atoms with Gasteiger partial charge in [0.05, 0.1) is 17.7 Å². The average Bonchev–Trinajstić information content (AvgIpc) is 3.10. The highest BCUT2D eigenvalue weighted by Gasteiger charge is 2.22. The Labute approximate surface area is 104 Å². The third-order valence-electron chi connectivity index (χ3n) is 2.68. The maximum Gasteiger partial charge on any atom is 0.133 e. The first-order valence-electron chi connectivity index (χ1n) is 5.52. The first-order valence-corrected chi connectivity index (χ1v) is 6.32. The Hall–Kier alpha value is -0.580. The molecule has 0 spiro atoms. The third-order valence-corrected chi connectivity index (χ3v) is 3.33. The molecule has 1 saturated carbocycles. The summed E-state index contributed by atoms with van der Waals surface area (Å²) in [6.45, 7) is 1.36.